The highest BCUT2D eigenvalue weighted by atomic mass is 32.2. The Balaban J connectivity index is 2.04. The van der Waals surface area contributed by atoms with Gasteiger partial charge in [-0.15, -0.1) is 0 Å². The quantitative estimate of drug-likeness (QED) is 0.422. The largest absolute Gasteiger partial charge is 0.609 e. The van der Waals surface area contributed by atoms with E-state index in [2.05, 4.69) is 9.97 Å². The molecule has 31 heavy (non-hydrogen) atoms. The Kier molecular flexibility index (Phi) is 6.71. The van der Waals surface area contributed by atoms with Crippen LogP contribution < -0.4 is 10.3 Å². The Labute approximate surface area is 179 Å². The SMILES string of the molecule is CCc1cc(Cn2cc(-c3cc(C(F)(F)F)nc([S+](C)[O-])n3)ccc2=O)ccc1OC. The van der Waals surface area contributed by atoms with Gasteiger partial charge in [-0.1, -0.05) is 19.1 Å². The van der Waals surface area contributed by atoms with E-state index in [1.54, 1.807) is 7.11 Å². The third kappa shape index (κ3) is 5.26. The van der Waals surface area contributed by atoms with Crippen molar-refractivity contribution in [3.05, 3.63) is 69.8 Å². The molecule has 0 saturated heterocycles. The van der Waals surface area contributed by atoms with Crippen LogP contribution in [-0.2, 0) is 30.3 Å². The molecular formula is C21H20F3N3O3S. The van der Waals surface area contributed by atoms with Crippen molar-refractivity contribution < 1.29 is 22.5 Å². The number of rotatable bonds is 6. The summed E-state index contributed by atoms with van der Waals surface area (Å²) in [5, 5.41) is -0.426. The normalized spacial score (nSPS) is 12.6. The summed E-state index contributed by atoms with van der Waals surface area (Å²) in [5.41, 5.74) is 0.523. The molecule has 10 heteroatoms. The fourth-order valence-electron chi connectivity index (χ4n) is 3.06. The van der Waals surface area contributed by atoms with Gasteiger partial charge in [0.2, 0.25) is 0 Å². The number of aryl methyl sites for hydroxylation is 1. The zero-order chi connectivity index (χ0) is 22.8. The van der Waals surface area contributed by atoms with E-state index in [0.29, 0.717) is 0 Å². The number of nitrogens with zero attached hydrogens (tertiary/aromatic N) is 3. The molecule has 0 N–H and O–H groups in total. The Hall–Kier alpha value is -2.85. The van der Waals surface area contributed by atoms with E-state index in [0.717, 1.165) is 29.4 Å². The second kappa shape index (κ2) is 9.11. The molecule has 2 aromatic heterocycles. The standard InChI is InChI=1S/C21H20F3N3O3S/c1-4-14-9-13(5-7-17(14)30-2)11-27-12-15(6-8-19(27)28)16-10-18(21(22,23)24)26-20(25-16)31(3)29/h5-10,12H,4,11H2,1-3H3. The third-order valence-corrected chi connectivity index (χ3v) is 5.31. The second-order valence-electron chi connectivity index (χ2n) is 6.76. The van der Waals surface area contributed by atoms with Crippen LogP contribution in [0, 0.1) is 0 Å². The minimum absolute atomic E-state index is 0.0646. The van der Waals surface area contributed by atoms with E-state index in [1.807, 2.05) is 25.1 Å². The number of alkyl halides is 3. The zero-order valence-electron chi connectivity index (χ0n) is 17.1. The molecule has 0 amide bonds. The maximum atomic E-state index is 13.2. The van der Waals surface area contributed by atoms with Gasteiger partial charge in [0.25, 0.3) is 5.56 Å². The Bertz CT molecular complexity index is 1150. The number of methoxy groups -OCH3 is 1. The van der Waals surface area contributed by atoms with E-state index in [-0.39, 0.29) is 23.4 Å². The molecule has 0 bridgehead atoms. The first-order valence-electron chi connectivity index (χ1n) is 9.28. The fourth-order valence-corrected chi connectivity index (χ4v) is 3.51. The summed E-state index contributed by atoms with van der Waals surface area (Å²) in [5.74, 6) is 0.744. The van der Waals surface area contributed by atoms with Gasteiger partial charge in [-0.3, -0.25) is 4.79 Å². The van der Waals surface area contributed by atoms with Crippen LogP contribution in [0.3, 0.4) is 0 Å². The van der Waals surface area contributed by atoms with Gasteiger partial charge >= 0.3 is 11.3 Å². The van der Waals surface area contributed by atoms with Crippen molar-refractivity contribution in [2.45, 2.75) is 31.2 Å². The first kappa shape index (κ1) is 22.8. The van der Waals surface area contributed by atoms with Gasteiger partial charge in [-0.2, -0.15) is 23.1 Å². The number of hydrogen-bond acceptors (Lipinski definition) is 5. The van der Waals surface area contributed by atoms with Gasteiger partial charge in [0.15, 0.2) is 5.69 Å². The number of ether oxygens (including phenoxy) is 1. The van der Waals surface area contributed by atoms with Crippen molar-refractivity contribution in [2.75, 3.05) is 13.4 Å². The van der Waals surface area contributed by atoms with Crippen molar-refractivity contribution in [3.8, 4) is 17.0 Å². The molecule has 0 aliphatic carbocycles. The summed E-state index contributed by atoms with van der Waals surface area (Å²) >= 11 is -1.81. The Morgan fingerprint density at radius 2 is 1.90 bits per heavy atom. The van der Waals surface area contributed by atoms with Gasteiger partial charge in [0.1, 0.15) is 12.0 Å². The molecule has 0 aliphatic rings. The van der Waals surface area contributed by atoms with Crippen LogP contribution in [0.4, 0.5) is 13.2 Å². The number of pyridine rings is 1. The number of halogens is 3. The minimum Gasteiger partial charge on any atom is -0.609 e. The molecule has 6 nitrogen and oxygen atoms in total. The van der Waals surface area contributed by atoms with Crippen molar-refractivity contribution in [2.24, 2.45) is 0 Å². The second-order valence-corrected chi connectivity index (χ2v) is 8.03. The molecule has 1 atom stereocenters. The maximum absolute atomic E-state index is 13.2. The molecule has 0 radical (unpaired) electrons. The number of aromatic nitrogens is 3. The van der Waals surface area contributed by atoms with Crippen LogP contribution in [0.25, 0.3) is 11.3 Å². The van der Waals surface area contributed by atoms with E-state index in [4.69, 9.17) is 4.74 Å². The van der Waals surface area contributed by atoms with Gasteiger partial charge in [0.05, 0.1) is 19.3 Å². The average Bonchev–Trinajstić information content (AvgIpc) is 2.74. The molecule has 164 valence electrons. The van der Waals surface area contributed by atoms with E-state index in [1.165, 1.54) is 29.2 Å². The highest BCUT2D eigenvalue weighted by molar-refractivity contribution is 7.90. The summed E-state index contributed by atoms with van der Waals surface area (Å²) in [7, 11) is 1.58. The lowest BCUT2D eigenvalue weighted by atomic mass is 10.1. The fraction of sp³-hybridized carbons (Fsp3) is 0.286. The van der Waals surface area contributed by atoms with Crippen LogP contribution >= 0.6 is 0 Å². The lowest BCUT2D eigenvalue weighted by Crippen LogP contribution is -2.19. The first-order valence-corrected chi connectivity index (χ1v) is 10.8. The van der Waals surface area contributed by atoms with E-state index in [9.17, 15) is 22.5 Å². The Morgan fingerprint density at radius 1 is 1.16 bits per heavy atom. The highest BCUT2D eigenvalue weighted by Gasteiger charge is 2.35. The summed E-state index contributed by atoms with van der Waals surface area (Å²) < 4.78 is 58.1. The molecule has 1 aromatic carbocycles. The monoisotopic (exact) mass is 451 g/mol. The van der Waals surface area contributed by atoms with Gasteiger partial charge in [-0.25, -0.2) is 0 Å². The van der Waals surface area contributed by atoms with E-state index >= 15 is 0 Å². The molecule has 0 aliphatic heterocycles. The van der Waals surface area contributed by atoms with Gasteiger partial charge in [-0.05, 0) is 35.7 Å². The zero-order valence-corrected chi connectivity index (χ0v) is 17.9. The summed E-state index contributed by atoms with van der Waals surface area (Å²) in [6.45, 7) is 2.20. The molecule has 0 fully saturated rings. The topological polar surface area (TPSA) is 80.1 Å². The minimum atomic E-state index is -4.72. The molecule has 1 unspecified atom stereocenters. The van der Waals surface area contributed by atoms with Crippen molar-refractivity contribution in [1.29, 1.82) is 0 Å². The lowest BCUT2D eigenvalue weighted by molar-refractivity contribution is -0.141. The summed E-state index contributed by atoms with van der Waals surface area (Å²) in [4.78, 5) is 19.7. The molecule has 3 rings (SSSR count). The molecule has 3 aromatic rings. The first-order chi connectivity index (χ1) is 14.6. The average molecular weight is 451 g/mol. The van der Waals surface area contributed by atoms with Crippen LogP contribution in [0.5, 0.6) is 5.75 Å². The number of hydrogen-bond donors (Lipinski definition) is 0. The highest BCUT2D eigenvalue weighted by Crippen LogP contribution is 2.31. The molecule has 0 saturated carbocycles. The maximum Gasteiger partial charge on any atom is 0.433 e. The summed E-state index contributed by atoms with van der Waals surface area (Å²) in [6.07, 6.45) is -1.35. The molecule has 2 heterocycles. The van der Waals surface area contributed by atoms with Crippen LogP contribution in [-0.4, -0.2) is 32.5 Å². The van der Waals surface area contributed by atoms with Gasteiger partial charge < -0.3 is 13.9 Å². The summed E-state index contributed by atoms with van der Waals surface area (Å²) in [6, 6.07) is 8.98. The van der Waals surface area contributed by atoms with Crippen LogP contribution in [0.2, 0.25) is 0 Å². The molecular weight excluding hydrogens is 431 g/mol. The number of benzene rings is 1. The van der Waals surface area contributed by atoms with Gasteiger partial charge in [0, 0.05) is 29.0 Å². The van der Waals surface area contributed by atoms with Crippen molar-refractivity contribution >= 4 is 11.2 Å². The predicted octanol–water partition coefficient (Wildman–Crippen LogP) is 3.68. The van der Waals surface area contributed by atoms with Crippen molar-refractivity contribution in [3.63, 3.8) is 0 Å². The van der Waals surface area contributed by atoms with Crippen molar-refractivity contribution in [1.82, 2.24) is 14.5 Å². The Morgan fingerprint density at radius 3 is 2.52 bits per heavy atom. The predicted molar refractivity (Wildman–Crippen MR) is 111 cm³/mol. The molecule has 0 spiro atoms. The smallest absolute Gasteiger partial charge is 0.433 e. The van der Waals surface area contributed by atoms with E-state index < -0.39 is 28.2 Å². The third-order valence-electron chi connectivity index (χ3n) is 4.61. The lowest BCUT2D eigenvalue weighted by Gasteiger charge is -2.13. The van der Waals surface area contributed by atoms with Crippen LogP contribution in [0.1, 0.15) is 23.7 Å². The van der Waals surface area contributed by atoms with Crippen LogP contribution in [0.15, 0.2) is 52.5 Å².